The van der Waals surface area contributed by atoms with Crippen LogP contribution in [0.1, 0.15) is 34.3 Å². The third-order valence-electron chi connectivity index (χ3n) is 6.77. The Bertz CT molecular complexity index is 1090. The molecule has 7 nitrogen and oxygen atoms in total. The third-order valence-corrected chi connectivity index (χ3v) is 6.77. The Morgan fingerprint density at radius 2 is 1.72 bits per heavy atom. The SMILES string of the molecule is NCCNC(=O)[C@H]1CC(N(CCc2ccccc2)Cc2ccccc2)CCN1C(=O)c1cccnc1. The number of benzene rings is 2. The smallest absolute Gasteiger partial charge is 0.256 e. The molecular weight excluding hydrogens is 450 g/mol. The van der Waals surface area contributed by atoms with E-state index >= 15 is 0 Å². The monoisotopic (exact) mass is 485 g/mol. The lowest BCUT2D eigenvalue weighted by Gasteiger charge is -2.43. The van der Waals surface area contributed by atoms with Gasteiger partial charge in [0.05, 0.1) is 5.56 Å². The van der Waals surface area contributed by atoms with Gasteiger partial charge in [-0.2, -0.15) is 0 Å². The molecule has 0 spiro atoms. The average Bonchev–Trinajstić information content (AvgIpc) is 2.95. The number of nitrogens with two attached hydrogens (primary N) is 1. The molecule has 1 aliphatic heterocycles. The summed E-state index contributed by atoms with van der Waals surface area (Å²) in [6, 6.07) is 24.0. The van der Waals surface area contributed by atoms with E-state index in [4.69, 9.17) is 5.73 Å². The summed E-state index contributed by atoms with van der Waals surface area (Å²) in [4.78, 5) is 34.8. The Kier molecular flexibility index (Phi) is 9.19. The van der Waals surface area contributed by atoms with E-state index in [2.05, 4.69) is 63.7 Å². The summed E-state index contributed by atoms with van der Waals surface area (Å²) in [6.07, 6.45) is 5.50. The Hall–Kier alpha value is -3.55. The van der Waals surface area contributed by atoms with Crippen molar-refractivity contribution < 1.29 is 9.59 Å². The normalized spacial score (nSPS) is 17.7. The number of likely N-dealkylation sites (tertiary alicyclic amines) is 1. The van der Waals surface area contributed by atoms with E-state index in [1.54, 1.807) is 29.4 Å². The van der Waals surface area contributed by atoms with Gasteiger partial charge in [-0.1, -0.05) is 60.7 Å². The summed E-state index contributed by atoms with van der Waals surface area (Å²) in [5.41, 5.74) is 8.66. The van der Waals surface area contributed by atoms with Gasteiger partial charge in [-0.15, -0.1) is 0 Å². The molecule has 7 heteroatoms. The number of aromatic nitrogens is 1. The molecule has 0 radical (unpaired) electrons. The molecule has 188 valence electrons. The first-order chi connectivity index (χ1) is 17.7. The Morgan fingerprint density at radius 3 is 2.39 bits per heavy atom. The van der Waals surface area contributed by atoms with Gasteiger partial charge in [0.25, 0.3) is 5.91 Å². The van der Waals surface area contributed by atoms with Gasteiger partial charge in [0.15, 0.2) is 0 Å². The number of amides is 2. The van der Waals surface area contributed by atoms with Crippen LogP contribution in [0.15, 0.2) is 85.2 Å². The molecule has 2 heterocycles. The number of carbonyl (C=O) groups is 2. The molecule has 2 atom stereocenters. The summed E-state index contributed by atoms with van der Waals surface area (Å²) in [6.45, 7) is 2.92. The van der Waals surface area contributed by atoms with Gasteiger partial charge in [-0.25, -0.2) is 0 Å². The van der Waals surface area contributed by atoms with E-state index in [1.807, 2.05) is 12.1 Å². The molecule has 1 aliphatic rings. The van der Waals surface area contributed by atoms with Gasteiger partial charge in [0.2, 0.25) is 5.91 Å². The van der Waals surface area contributed by atoms with Gasteiger partial charge in [-0.05, 0) is 42.5 Å². The maximum absolute atomic E-state index is 13.3. The summed E-state index contributed by atoms with van der Waals surface area (Å²) in [7, 11) is 0. The van der Waals surface area contributed by atoms with Crippen molar-refractivity contribution in [3.05, 3.63) is 102 Å². The number of nitrogens with one attached hydrogen (secondary N) is 1. The molecule has 1 unspecified atom stereocenters. The number of nitrogens with zero attached hydrogens (tertiary/aromatic N) is 3. The standard InChI is InChI=1S/C29H35N5O2/c30-15-17-32-28(35)27-20-26(14-19-34(27)29(36)25-12-7-16-31-21-25)33(22-24-10-5-2-6-11-24)18-13-23-8-3-1-4-9-23/h1-12,16,21,26-27H,13-15,17-20,22,30H2,(H,32,35)/t26?,27-/m1/s1. The molecule has 0 saturated carbocycles. The number of rotatable bonds is 10. The van der Waals surface area contributed by atoms with Crippen LogP contribution in [0.5, 0.6) is 0 Å². The lowest BCUT2D eigenvalue weighted by molar-refractivity contribution is -0.127. The third kappa shape index (κ3) is 6.77. The van der Waals surface area contributed by atoms with E-state index in [0.29, 0.717) is 31.6 Å². The number of hydrogen-bond acceptors (Lipinski definition) is 5. The van der Waals surface area contributed by atoms with Crippen LogP contribution in [0.25, 0.3) is 0 Å². The Labute approximate surface area is 213 Å². The van der Waals surface area contributed by atoms with E-state index in [1.165, 1.54) is 11.1 Å². The fourth-order valence-corrected chi connectivity index (χ4v) is 4.86. The van der Waals surface area contributed by atoms with Crippen LogP contribution in [0.3, 0.4) is 0 Å². The van der Waals surface area contributed by atoms with Crippen molar-refractivity contribution in [1.82, 2.24) is 20.1 Å². The zero-order chi connectivity index (χ0) is 25.2. The highest BCUT2D eigenvalue weighted by Gasteiger charge is 2.38. The zero-order valence-electron chi connectivity index (χ0n) is 20.6. The quantitative estimate of drug-likeness (QED) is 0.461. The zero-order valence-corrected chi connectivity index (χ0v) is 20.6. The van der Waals surface area contributed by atoms with E-state index in [9.17, 15) is 9.59 Å². The van der Waals surface area contributed by atoms with Crippen LogP contribution < -0.4 is 11.1 Å². The fraction of sp³-hybridized carbons (Fsp3) is 0.345. The Balaban J connectivity index is 1.54. The lowest BCUT2D eigenvalue weighted by atomic mass is 9.93. The second kappa shape index (κ2) is 13.0. The first-order valence-electron chi connectivity index (χ1n) is 12.7. The lowest BCUT2D eigenvalue weighted by Crippen LogP contribution is -2.57. The van der Waals surface area contributed by atoms with Crippen molar-refractivity contribution in [1.29, 1.82) is 0 Å². The highest BCUT2D eigenvalue weighted by Crippen LogP contribution is 2.26. The van der Waals surface area contributed by atoms with Crippen LogP contribution in [0.4, 0.5) is 0 Å². The Morgan fingerprint density at radius 1 is 1.00 bits per heavy atom. The largest absolute Gasteiger partial charge is 0.353 e. The maximum atomic E-state index is 13.3. The molecule has 2 amide bonds. The average molecular weight is 486 g/mol. The van der Waals surface area contributed by atoms with Crippen LogP contribution in [0.2, 0.25) is 0 Å². The van der Waals surface area contributed by atoms with Crippen molar-refractivity contribution in [3.8, 4) is 0 Å². The van der Waals surface area contributed by atoms with Crippen LogP contribution in [-0.2, 0) is 17.8 Å². The number of pyridine rings is 1. The highest BCUT2D eigenvalue weighted by atomic mass is 16.2. The molecule has 2 aromatic carbocycles. The number of carbonyl (C=O) groups excluding carboxylic acids is 2. The minimum atomic E-state index is -0.557. The van der Waals surface area contributed by atoms with E-state index in [0.717, 1.165) is 25.9 Å². The first kappa shape index (κ1) is 25.5. The second-order valence-electron chi connectivity index (χ2n) is 9.21. The highest BCUT2D eigenvalue weighted by molar-refractivity contribution is 5.97. The molecule has 0 aliphatic carbocycles. The maximum Gasteiger partial charge on any atom is 0.256 e. The molecule has 3 N–H and O–H groups in total. The van der Waals surface area contributed by atoms with Gasteiger partial charge >= 0.3 is 0 Å². The molecule has 4 rings (SSSR count). The van der Waals surface area contributed by atoms with Crippen molar-refractivity contribution in [2.24, 2.45) is 5.73 Å². The summed E-state index contributed by atoms with van der Waals surface area (Å²) in [5, 5.41) is 2.91. The van der Waals surface area contributed by atoms with Crippen molar-refractivity contribution in [2.45, 2.75) is 37.9 Å². The summed E-state index contributed by atoms with van der Waals surface area (Å²) in [5.74, 6) is -0.307. The summed E-state index contributed by atoms with van der Waals surface area (Å²) < 4.78 is 0. The molecule has 1 saturated heterocycles. The molecule has 1 fully saturated rings. The molecule has 1 aromatic heterocycles. The minimum Gasteiger partial charge on any atom is -0.353 e. The fourth-order valence-electron chi connectivity index (χ4n) is 4.86. The van der Waals surface area contributed by atoms with Gasteiger partial charge in [0, 0.05) is 51.2 Å². The van der Waals surface area contributed by atoms with E-state index < -0.39 is 6.04 Å². The van der Waals surface area contributed by atoms with Gasteiger partial charge in [-0.3, -0.25) is 19.5 Å². The predicted molar refractivity (Wildman–Crippen MR) is 141 cm³/mol. The molecule has 3 aromatic rings. The number of piperidine rings is 1. The molecule has 0 bridgehead atoms. The van der Waals surface area contributed by atoms with Crippen molar-refractivity contribution in [3.63, 3.8) is 0 Å². The van der Waals surface area contributed by atoms with Gasteiger partial charge < -0.3 is 16.0 Å². The van der Waals surface area contributed by atoms with Crippen LogP contribution in [0, 0.1) is 0 Å². The topological polar surface area (TPSA) is 91.6 Å². The van der Waals surface area contributed by atoms with Crippen molar-refractivity contribution >= 4 is 11.8 Å². The molecule has 36 heavy (non-hydrogen) atoms. The van der Waals surface area contributed by atoms with E-state index in [-0.39, 0.29) is 17.9 Å². The number of hydrogen-bond donors (Lipinski definition) is 2. The predicted octanol–water partition coefficient (Wildman–Crippen LogP) is 2.87. The summed E-state index contributed by atoms with van der Waals surface area (Å²) >= 11 is 0. The van der Waals surface area contributed by atoms with Crippen LogP contribution >= 0.6 is 0 Å². The second-order valence-corrected chi connectivity index (χ2v) is 9.21. The minimum absolute atomic E-state index is 0.148. The first-order valence-corrected chi connectivity index (χ1v) is 12.7. The molecular formula is C29H35N5O2. The van der Waals surface area contributed by atoms with Crippen LogP contribution in [-0.4, -0.2) is 64.9 Å². The van der Waals surface area contributed by atoms with Gasteiger partial charge in [0.1, 0.15) is 6.04 Å². The van der Waals surface area contributed by atoms with Crippen molar-refractivity contribution in [2.75, 3.05) is 26.2 Å².